The molecule has 1 rings (SSSR count). The number of carbonyl (C=O) groups is 1. The Labute approximate surface area is 119 Å². The van der Waals surface area contributed by atoms with Crippen LogP contribution in [-0.4, -0.2) is 37.5 Å². The van der Waals surface area contributed by atoms with E-state index in [-0.39, 0.29) is 12.1 Å². The second-order valence-electron chi connectivity index (χ2n) is 6.16. The van der Waals surface area contributed by atoms with Crippen molar-refractivity contribution in [2.24, 2.45) is 11.0 Å². The number of ether oxygens (including phenoxy) is 2. The van der Waals surface area contributed by atoms with Gasteiger partial charge in [0.2, 0.25) is 0 Å². The maximum atomic E-state index is 11.8. The molecule has 0 radical (unpaired) electrons. The predicted molar refractivity (Wildman–Crippen MR) is 75.3 cm³/mol. The molecule has 1 aliphatic carbocycles. The third-order valence-corrected chi connectivity index (χ3v) is 3.23. The highest BCUT2D eigenvalue weighted by Crippen LogP contribution is 2.27. The van der Waals surface area contributed by atoms with Gasteiger partial charge in [0, 0.05) is 24.7 Å². The van der Waals surface area contributed by atoms with Crippen LogP contribution in [0.2, 0.25) is 0 Å². The molecular formula is C13H24N4O3. The predicted octanol–water partition coefficient (Wildman–Crippen LogP) is 3.01. The molecule has 0 aromatic rings. The minimum absolute atomic E-state index is 0.199. The maximum Gasteiger partial charge on any atom is 0.407 e. The fraction of sp³-hybridized carbons (Fsp3) is 0.923. The van der Waals surface area contributed by atoms with Crippen molar-refractivity contribution >= 4 is 6.09 Å². The zero-order chi connectivity index (χ0) is 15.2. The van der Waals surface area contributed by atoms with E-state index in [2.05, 4.69) is 15.3 Å². The Balaban J connectivity index is 2.64. The van der Waals surface area contributed by atoms with Gasteiger partial charge in [0.05, 0.1) is 6.04 Å². The Bertz CT molecular complexity index is 374. The molecule has 0 heterocycles. The standard InChI is InChI=1S/C13H24N4O3/c1-13(2,3)20-12(18)15-11-7-9(8-19-4)5-6-10(11)16-17-14/h9-11H,5-8H2,1-4H3,(H,15,18)/t9-,10-,11+/m0/s1. The van der Waals surface area contributed by atoms with E-state index in [1.165, 1.54) is 0 Å². The van der Waals surface area contributed by atoms with Crippen LogP contribution in [0.25, 0.3) is 10.4 Å². The molecule has 1 N–H and O–H groups in total. The van der Waals surface area contributed by atoms with Crippen LogP contribution in [-0.2, 0) is 9.47 Å². The number of amides is 1. The van der Waals surface area contributed by atoms with E-state index in [1.54, 1.807) is 7.11 Å². The Hall–Kier alpha value is -1.46. The molecule has 1 amide bonds. The fourth-order valence-corrected chi connectivity index (χ4v) is 2.45. The van der Waals surface area contributed by atoms with Crippen molar-refractivity contribution in [3.05, 3.63) is 10.4 Å². The topological polar surface area (TPSA) is 96.3 Å². The lowest BCUT2D eigenvalue weighted by Crippen LogP contribution is -2.48. The first-order valence-corrected chi connectivity index (χ1v) is 6.88. The molecule has 0 saturated heterocycles. The third kappa shape index (κ3) is 5.67. The van der Waals surface area contributed by atoms with Gasteiger partial charge >= 0.3 is 6.09 Å². The van der Waals surface area contributed by atoms with Gasteiger partial charge in [0.15, 0.2) is 0 Å². The summed E-state index contributed by atoms with van der Waals surface area (Å²) in [5, 5.41) is 6.60. The van der Waals surface area contributed by atoms with Crippen LogP contribution in [0.3, 0.4) is 0 Å². The first-order chi connectivity index (χ1) is 9.35. The summed E-state index contributed by atoms with van der Waals surface area (Å²) in [6.07, 6.45) is 1.94. The van der Waals surface area contributed by atoms with Gasteiger partial charge in [-0.2, -0.15) is 0 Å². The number of azide groups is 1. The lowest BCUT2D eigenvalue weighted by atomic mass is 9.83. The number of alkyl carbamates (subject to hydrolysis) is 1. The maximum absolute atomic E-state index is 11.8. The van der Waals surface area contributed by atoms with Gasteiger partial charge in [-0.1, -0.05) is 5.11 Å². The van der Waals surface area contributed by atoms with Gasteiger partial charge in [-0.3, -0.25) is 0 Å². The fourth-order valence-electron chi connectivity index (χ4n) is 2.45. The summed E-state index contributed by atoms with van der Waals surface area (Å²) in [6, 6.07) is -0.421. The zero-order valence-electron chi connectivity index (χ0n) is 12.6. The number of hydrogen-bond donors (Lipinski definition) is 1. The van der Waals surface area contributed by atoms with Crippen molar-refractivity contribution in [2.45, 2.75) is 57.7 Å². The Morgan fingerprint density at radius 3 is 2.70 bits per heavy atom. The SMILES string of the molecule is COC[C@H]1CC[C@H](N=[N+]=[N-])[C@H](NC(=O)OC(C)(C)C)C1. The second kappa shape index (κ2) is 7.36. The van der Waals surface area contributed by atoms with Crippen LogP contribution >= 0.6 is 0 Å². The number of hydrogen-bond acceptors (Lipinski definition) is 4. The molecule has 114 valence electrons. The number of nitrogens with one attached hydrogen (secondary N) is 1. The van der Waals surface area contributed by atoms with Gasteiger partial charge in [-0.25, -0.2) is 4.79 Å². The largest absolute Gasteiger partial charge is 0.444 e. The van der Waals surface area contributed by atoms with E-state index in [0.717, 1.165) is 19.3 Å². The number of nitrogens with zero attached hydrogens (tertiary/aromatic N) is 3. The number of rotatable bonds is 4. The highest BCUT2D eigenvalue weighted by Gasteiger charge is 2.32. The van der Waals surface area contributed by atoms with Crippen molar-refractivity contribution < 1.29 is 14.3 Å². The summed E-state index contributed by atoms with van der Waals surface area (Å²) in [6.45, 7) is 6.08. The minimum atomic E-state index is -0.543. The Kier molecular flexibility index (Phi) is 6.10. The summed E-state index contributed by atoms with van der Waals surface area (Å²) in [5.74, 6) is 0.366. The van der Waals surface area contributed by atoms with Crippen molar-refractivity contribution in [3.8, 4) is 0 Å². The van der Waals surface area contributed by atoms with Gasteiger partial charge in [0.25, 0.3) is 0 Å². The van der Waals surface area contributed by atoms with E-state index in [4.69, 9.17) is 15.0 Å². The van der Waals surface area contributed by atoms with Crippen LogP contribution in [0.15, 0.2) is 5.11 Å². The molecule has 20 heavy (non-hydrogen) atoms. The van der Waals surface area contributed by atoms with Gasteiger partial charge < -0.3 is 14.8 Å². The summed E-state index contributed by atoms with van der Waals surface area (Å²) in [5.41, 5.74) is 8.07. The molecule has 0 aliphatic heterocycles. The normalized spacial score (nSPS) is 26.5. The van der Waals surface area contributed by atoms with Gasteiger partial charge in [0.1, 0.15) is 5.60 Å². The van der Waals surface area contributed by atoms with E-state index in [9.17, 15) is 4.79 Å². The number of methoxy groups -OCH3 is 1. The average Bonchev–Trinajstić information content (AvgIpc) is 2.30. The molecule has 1 aliphatic rings. The van der Waals surface area contributed by atoms with E-state index < -0.39 is 11.7 Å². The summed E-state index contributed by atoms with van der Waals surface area (Å²) in [7, 11) is 1.66. The van der Waals surface area contributed by atoms with Gasteiger partial charge in [-0.15, -0.1) is 0 Å². The molecule has 1 saturated carbocycles. The molecule has 7 heteroatoms. The molecule has 0 spiro atoms. The van der Waals surface area contributed by atoms with E-state index >= 15 is 0 Å². The Morgan fingerprint density at radius 2 is 2.15 bits per heavy atom. The summed E-state index contributed by atoms with van der Waals surface area (Å²) in [4.78, 5) is 14.7. The molecule has 3 atom stereocenters. The molecule has 0 aromatic carbocycles. The third-order valence-electron chi connectivity index (χ3n) is 3.23. The molecule has 0 aromatic heterocycles. The van der Waals surface area contributed by atoms with Crippen molar-refractivity contribution in [1.82, 2.24) is 5.32 Å². The van der Waals surface area contributed by atoms with Crippen LogP contribution in [0.4, 0.5) is 4.79 Å². The van der Waals surface area contributed by atoms with Crippen molar-refractivity contribution in [3.63, 3.8) is 0 Å². The monoisotopic (exact) mass is 284 g/mol. The van der Waals surface area contributed by atoms with Crippen LogP contribution in [0, 0.1) is 5.92 Å². The highest BCUT2D eigenvalue weighted by molar-refractivity contribution is 5.68. The van der Waals surface area contributed by atoms with Crippen LogP contribution in [0.1, 0.15) is 40.0 Å². The quantitative estimate of drug-likeness (QED) is 0.488. The number of carbonyl (C=O) groups excluding carboxylic acids is 1. The Morgan fingerprint density at radius 1 is 1.45 bits per heavy atom. The average molecular weight is 284 g/mol. The van der Waals surface area contributed by atoms with Crippen molar-refractivity contribution in [2.75, 3.05) is 13.7 Å². The summed E-state index contributed by atoms with van der Waals surface area (Å²) < 4.78 is 10.4. The van der Waals surface area contributed by atoms with Crippen molar-refractivity contribution in [1.29, 1.82) is 0 Å². The van der Waals surface area contributed by atoms with Crippen LogP contribution in [0.5, 0.6) is 0 Å². The minimum Gasteiger partial charge on any atom is -0.444 e. The van der Waals surface area contributed by atoms with E-state index in [0.29, 0.717) is 12.5 Å². The molecule has 0 bridgehead atoms. The first kappa shape index (κ1) is 16.6. The highest BCUT2D eigenvalue weighted by atomic mass is 16.6. The molecule has 1 fully saturated rings. The lowest BCUT2D eigenvalue weighted by molar-refractivity contribution is 0.0454. The smallest absolute Gasteiger partial charge is 0.407 e. The molecule has 7 nitrogen and oxygen atoms in total. The summed E-state index contributed by atoms with van der Waals surface area (Å²) >= 11 is 0. The second-order valence-corrected chi connectivity index (χ2v) is 6.16. The molecule has 0 unspecified atom stereocenters. The van der Waals surface area contributed by atoms with Gasteiger partial charge in [-0.05, 0) is 51.5 Å². The lowest BCUT2D eigenvalue weighted by Gasteiger charge is -2.34. The van der Waals surface area contributed by atoms with Crippen LogP contribution < -0.4 is 5.32 Å². The zero-order valence-corrected chi connectivity index (χ0v) is 12.6. The van der Waals surface area contributed by atoms with E-state index in [1.807, 2.05) is 20.8 Å². The first-order valence-electron chi connectivity index (χ1n) is 6.88. The molecular weight excluding hydrogens is 260 g/mol.